The van der Waals surface area contributed by atoms with Crippen LogP contribution in [0.5, 0.6) is 0 Å². The number of benzene rings is 1. The van der Waals surface area contributed by atoms with Gasteiger partial charge in [0.1, 0.15) is 0 Å². The predicted octanol–water partition coefficient (Wildman–Crippen LogP) is 4.11. The number of allylic oxidation sites excluding steroid dienone is 2. The lowest BCUT2D eigenvalue weighted by molar-refractivity contribution is -0.121. The van der Waals surface area contributed by atoms with Gasteiger partial charge >= 0.3 is 0 Å². The highest BCUT2D eigenvalue weighted by Crippen LogP contribution is 2.58. The van der Waals surface area contributed by atoms with Crippen LogP contribution >= 0.6 is 0 Å². The predicted molar refractivity (Wildman–Crippen MR) is 73.4 cm³/mol. The SMILES string of the molecule is CCC1=C(CC)C(C2CC2c2ccccc2)C1=O. The molecule has 0 amide bonds. The maximum Gasteiger partial charge on any atom is 0.166 e. The number of rotatable bonds is 4. The van der Waals surface area contributed by atoms with Crippen molar-refractivity contribution in [2.45, 2.75) is 39.0 Å². The summed E-state index contributed by atoms with van der Waals surface area (Å²) < 4.78 is 0. The first-order valence-corrected chi connectivity index (χ1v) is 7.09. The van der Waals surface area contributed by atoms with Gasteiger partial charge in [-0.15, -0.1) is 0 Å². The maximum atomic E-state index is 12.2. The lowest BCUT2D eigenvalue weighted by atomic mass is 9.70. The monoisotopic (exact) mass is 240 g/mol. The highest BCUT2D eigenvalue weighted by Gasteiger charge is 2.52. The third-order valence-corrected chi connectivity index (χ3v) is 4.57. The molecule has 1 aromatic carbocycles. The standard InChI is InChI=1S/C17H20O/c1-3-12-13(4-2)17(18)16(12)15-10-14(15)11-8-6-5-7-9-11/h5-9,14-16H,3-4,10H2,1-2H3. The Hall–Kier alpha value is -1.37. The second-order valence-electron chi connectivity index (χ2n) is 5.47. The zero-order valence-corrected chi connectivity index (χ0v) is 11.1. The largest absolute Gasteiger partial charge is 0.294 e. The van der Waals surface area contributed by atoms with E-state index in [1.807, 2.05) is 0 Å². The van der Waals surface area contributed by atoms with E-state index < -0.39 is 0 Å². The molecule has 0 saturated heterocycles. The average molecular weight is 240 g/mol. The Bertz CT molecular complexity index is 498. The second-order valence-corrected chi connectivity index (χ2v) is 5.47. The van der Waals surface area contributed by atoms with Crippen LogP contribution in [0.3, 0.4) is 0 Å². The van der Waals surface area contributed by atoms with E-state index in [9.17, 15) is 4.79 Å². The van der Waals surface area contributed by atoms with Crippen molar-refractivity contribution < 1.29 is 4.79 Å². The van der Waals surface area contributed by atoms with E-state index in [2.05, 4.69) is 44.2 Å². The van der Waals surface area contributed by atoms with Gasteiger partial charge in [-0.2, -0.15) is 0 Å². The molecule has 0 aromatic heterocycles. The number of hydrogen-bond donors (Lipinski definition) is 0. The van der Waals surface area contributed by atoms with Crippen molar-refractivity contribution in [1.82, 2.24) is 0 Å². The van der Waals surface area contributed by atoms with Crippen LogP contribution in [0.1, 0.15) is 44.6 Å². The van der Waals surface area contributed by atoms with E-state index in [0.29, 0.717) is 17.6 Å². The first-order valence-electron chi connectivity index (χ1n) is 7.09. The van der Waals surface area contributed by atoms with E-state index in [1.54, 1.807) is 0 Å². The van der Waals surface area contributed by atoms with Gasteiger partial charge in [-0.1, -0.05) is 49.8 Å². The Kier molecular flexibility index (Phi) is 2.85. The van der Waals surface area contributed by atoms with Gasteiger partial charge in [0, 0.05) is 5.92 Å². The van der Waals surface area contributed by atoms with Gasteiger partial charge in [-0.25, -0.2) is 0 Å². The molecule has 0 bridgehead atoms. The molecule has 2 aliphatic rings. The van der Waals surface area contributed by atoms with Crippen molar-refractivity contribution in [1.29, 1.82) is 0 Å². The van der Waals surface area contributed by atoms with Crippen molar-refractivity contribution in [3.63, 3.8) is 0 Å². The summed E-state index contributed by atoms with van der Waals surface area (Å²) in [5, 5.41) is 0. The van der Waals surface area contributed by atoms with Crippen LogP contribution < -0.4 is 0 Å². The highest BCUT2D eigenvalue weighted by atomic mass is 16.1. The topological polar surface area (TPSA) is 17.1 Å². The zero-order valence-electron chi connectivity index (χ0n) is 11.1. The van der Waals surface area contributed by atoms with Gasteiger partial charge in [0.25, 0.3) is 0 Å². The molecule has 2 aliphatic carbocycles. The molecule has 3 atom stereocenters. The lowest BCUT2D eigenvalue weighted by Gasteiger charge is -2.32. The number of carbonyl (C=O) groups is 1. The summed E-state index contributed by atoms with van der Waals surface area (Å²) in [4.78, 5) is 12.2. The molecule has 3 rings (SSSR count). The van der Waals surface area contributed by atoms with E-state index >= 15 is 0 Å². The van der Waals surface area contributed by atoms with Crippen molar-refractivity contribution in [2.75, 3.05) is 0 Å². The molecule has 1 saturated carbocycles. The number of Topliss-reactive ketones (excluding diaryl/α,β-unsaturated/α-hetero) is 1. The Morgan fingerprint density at radius 2 is 1.83 bits per heavy atom. The Labute approximate surface area is 109 Å². The minimum atomic E-state index is 0.259. The van der Waals surface area contributed by atoms with Crippen LogP contribution in [0.15, 0.2) is 41.5 Å². The number of hydrogen-bond acceptors (Lipinski definition) is 1. The summed E-state index contributed by atoms with van der Waals surface area (Å²) in [6.45, 7) is 4.28. The third kappa shape index (κ3) is 1.65. The first-order chi connectivity index (χ1) is 8.77. The average Bonchev–Trinajstić information content (AvgIpc) is 3.17. The molecular formula is C17H20O. The van der Waals surface area contributed by atoms with Gasteiger partial charge < -0.3 is 0 Å². The van der Waals surface area contributed by atoms with Gasteiger partial charge in [0.15, 0.2) is 5.78 Å². The Balaban J connectivity index is 1.77. The Morgan fingerprint density at radius 1 is 1.11 bits per heavy atom. The molecule has 0 N–H and O–H groups in total. The molecule has 1 fully saturated rings. The van der Waals surface area contributed by atoms with Crippen molar-refractivity contribution in [3.8, 4) is 0 Å². The minimum Gasteiger partial charge on any atom is -0.294 e. The number of ketones is 1. The van der Waals surface area contributed by atoms with Crippen LogP contribution in [0.4, 0.5) is 0 Å². The van der Waals surface area contributed by atoms with Crippen molar-refractivity contribution >= 4 is 5.78 Å². The van der Waals surface area contributed by atoms with E-state index in [1.165, 1.54) is 17.6 Å². The lowest BCUT2D eigenvalue weighted by Crippen LogP contribution is -2.33. The van der Waals surface area contributed by atoms with Crippen LogP contribution in [-0.2, 0) is 4.79 Å². The molecule has 1 aromatic rings. The molecule has 3 unspecified atom stereocenters. The fourth-order valence-corrected chi connectivity index (χ4v) is 3.57. The Morgan fingerprint density at radius 3 is 2.44 bits per heavy atom. The van der Waals surface area contributed by atoms with Crippen molar-refractivity contribution in [2.24, 2.45) is 11.8 Å². The zero-order chi connectivity index (χ0) is 12.7. The van der Waals surface area contributed by atoms with E-state index in [-0.39, 0.29) is 5.92 Å². The summed E-state index contributed by atoms with van der Waals surface area (Å²) in [6, 6.07) is 10.7. The second kappa shape index (κ2) is 4.38. The fraction of sp³-hybridized carbons (Fsp3) is 0.471. The van der Waals surface area contributed by atoms with Crippen molar-refractivity contribution in [3.05, 3.63) is 47.0 Å². The normalized spacial score (nSPS) is 30.3. The molecule has 1 nitrogen and oxygen atoms in total. The van der Waals surface area contributed by atoms with Gasteiger partial charge in [-0.05, 0) is 42.2 Å². The fourth-order valence-electron chi connectivity index (χ4n) is 3.57. The summed E-state index contributed by atoms with van der Waals surface area (Å²) in [5.74, 6) is 1.91. The molecular weight excluding hydrogens is 220 g/mol. The smallest absolute Gasteiger partial charge is 0.166 e. The molecule has 18 heavy (non-hydrogen) atoms. The molecule has 0 aliphatic heterocycles. The van der Waals surface area contributed by atoms with Gasteiger partial charge in [-0.3, -0.25) is 4.79 Å². The maximum absolute atomic E-state index is 12.2. The molecule has 0 heterocycles. The summed E-state index contributed by atoms with van der Waals surface area (Å²) >= 11 is 0. The highest BCUT2D eigenvalue weighted by molar-refractivity contribution is 6.07. The molecule has 0 radical (unpaired) electrons. The molecule has 1 heteroatoms. The number of carbonyl (C=O) groups excluding carboxylic acids is 1. The van der Waals surface area contributed by atoms with Gasteiger partial charge in [0.05, 0.1) is 0 Å². The quantitative estimate of drug-likeness (QED) is 0.774. The summed E-state index contributed by atoms with van der Waals surface area (Å²) in [7, 11) is 0. The van der Waals surface area contributed by atoms with Crippen LogP contribution in [-0.4, -0.2) is 5.78 Å². The van der Waals surface area contributed by atoms with E-state index in [4.69, 9.17) is 0 Å². The summed E-state index contributed by atoms with van der Waals surface area (Å²) in [5.41, 5.74) is 3.99. The molecule has 0 spiro atoms. The van der Waals surface area contributed by atoms with Crippen LogP contribution in [0.2, 0.25) is 0 Å². The third-order valence-electron chi connectivity index (χ3n) is 4.57. The molecule has 94 valence electrons. The van der Waals surface area contributed by atoms with Crippen LogP contribution in [0, 0.1) is 11.8 Å². The van der Waals surface area contributed by atoms with Crippen LogP contribution in [0.25, 0.3) is 0 Å². The van der Waals surface area contributed by atoms with E-state index in [0.717, 1.165) is 18.4 Å². The van der Waals surface area contributed by atoms with Gasteiger partial charge in [0.2, 0.25) is 0 Å². The minimum absolute atomic E-state index is 0.259. The first kappa shape index (κ1) is 11.7. The summed E-state index contributed by atoms with van der Waals surface area (Å²) in [6.07, 6.45) is 3.17.